The minimum atomic E-state index is -0.119. The summed E-state index contributed by atoms with van der Waals surface area (Å²) in [7, 11) is 1.64. The Morgan fingerprint density at radius 1 is 1.44 bits per heavy atom. The van der Waals surface area contributed by atoms with Gasteiger partial charge in [0, 0.05) is 24.3 Å². The van der Waals surface area contributed by atoms with Crippen molar-refractivity contribution >= 4 is 21.6 Å². The van der Waals surface area contributed by atoms with E-state index in [9.17, 15) is 0 Å². The molecule has 0 atom stereocenters. The van der Waals surface area contributed by atoms with Gasteiger partial charge in [0.15, 0.2) is 0 Å². The molecule has 0 spiro atoms. The van der Waals surface area contributed by atoms with Crippen molar-refractivity contribution in [2.24, 2.45) is 5.41 Å². The topological polar surface area (TPSA) is 41.5 Å². The average molecular weight is 288 g/mol. The van der Waals surface area contributed by atoms with Crippen molar-refractivity contribution in [1.82, 2.24) is 0 Å². The molecular formula is C12H18BrNO2. The molecule has 0 heterocycles. The number of aliphatic hydroxyl groups is 1. The molecule has 0 saturated carbocycles. The number of benzene rings is 1. The maximum atomic E-state index is 9.14. The fourth-order valence-corrected chi connectivity index (χ4v) is 1.71. The van der Waals surface area contributed by atoms with Gasteiger partial charge in [-0.15, -0.1) is 0 Å². The Morgan fingerprint density at radius 2 is 2.12 bits per heavy atom. The van der Waals surface area contributed by atoms with Crippen LogP contribution in [-0.2, 0) is 0 Å². The molecule has 4 heteroatoms. The SMILES string of the molecule is COc1ccc(NCC(C)(C)CO)cc1Br. The smallest absolute Gasteiger partial charge is 0.133 e. The number of methoxy groups -OCH3 is 1. The summed E-state index contributed by atoms with van der Waals surface area (Å²) in [6.07, 6.45) is 0. The Morgan fingerprint density at radius 3 is 2.62 bits per heavy atom. The van der Waals surface area contributed by atoms with Crippen LogP contribution in [0.15, 0.2) is 22.7 Å². The zero-order chi connectivity index (χ0) is 12.2. The Bertz CT molecular complexity index is 353. The summed E-state index contributed by atoms with van der Waals surface area (Å²) in [5, 5.41) is 12.4. The second-order valence-corrected chi connectivity index (χ2v) is 5.38. The molecule has 0 amide bonds. The molecular weight excluding hydrogens is 270 g/mol. The summed E-state index contributed by atoms with van der Waals surface area (Å²) in [6.45, 7) is 4.91. The van der Waals surface area contributed by atoms with Gasteiger partial charge in [0.25, 0.3) is 0 Å². The van der Waals surface area contributed by atoms with Gasteiger partial charge in [-0.05, 0) is 34.1 Å². The first-order chi connectivity index (χ1) is 7.48. The summed E-state index contributed by atoms with van der Waals surface area (Å²) in [5.74, 6) is 0.812. The van der Waals surface area contributed by atoms with Gasteiger partial charge in [0.05, 0.1) is 11.6 Å². The van der Waals surface area contributed by atoms with Gasteiger partial charge in [-0.25, -0.2) is 0 Å². The summed E-state index contributed by atoms with van der Waals surface area (Å²) >= 11 is 3.43. The van der Waals surface area contributed by atoms with Crippen molar-refractivity contribution in [3.8, 4) is 5.75 Å². The maximum Gasteiger partial charge on any atom is 0.133 e. The highest BCUT2D eigenvalue weighted by molar-refractivity contribution is 9.10. The van der Waals surface area contributed by atoms with Crippen LogP contribution in [0.1, 0.15) is 13.8 Å². The molecule has 0 radical (unpaired) electrons. The molecule has 2 N–H and O–H groups in total. The zero-order valence-corrected chi connectivity index (χ0v) is 11.5. The number of rotatable bonds is 5. The van der Waals surface area contributed by atoms with E-state index in [0.29, 0.717) is 0 Å². The summed E-state index contributed by atoms with van der Waals surface area (Å²) in [5.41, 5.74) is 0.890. The minimum absolute atomic E-state index is 0.119. The standard InChI is InChI=1S/C12H18BrNO2/c1-12(2,8-15)7-14-9-4-5-11(16-3)10(13)6-9/h4-6,14-15H,7-8H2,1-3H3. The van der Waals surface area contributed by atoms with E-state index in [4.69, 9.17) is 9.84 Å². The fraction of sp³-hybridized carbons (Fsp3) is 0.500. The van der Waals surface area contributed by atoms with Gasteiger partial charge in [-0.1, -0.05) is 13.8 Å². The normalized spacial score (nSPS) is 11.3. The van der Waals surface area contributed by atoms with E-state index in [1.54, 1.807) is 7.11 Å². The van der Waals surface area contributed by atoms with E-state index in [1.807, 2.05) is 32.0 Å². The van der Waals surface area contributed by atoms with E-state index in [2.05, 4.69) is 21.2 Å². The van der Waals surface area contributed by atoms with Crippen LogP contribution in [0, 0.1) is 5.41 Å². The Balaban J connectivity index is 2.65. The number of hydrogen-bond acceptors (Lipinski definition) is 3. The molecule has 3 nitrogen and oxygen atoms in total. The number of hydrogen-bond donors (Lipinski definition) is 2. The van der Waals surface area contributed by atoms with Gasteiger partial charge in [0.1, 0.15) is 5.75 Å². The summed E-state index contributed by atoms with van der Waals surface area (Å²) < 4.78 is 6.07. The summed E-state index contributed by atoms with van der Waals surface area (Å²) in [4.78, 5) is 0. The molecule has 0 aliphatic carbocycles. The van der Waals surface area contributed by atoms with Gasteiger partial charge < -0.3 is 15.2 Å². The van der Waals surface area contributed by atoms with Crippen LogP contribution in [0.4, 0.5) is 5.69 Å². The zero-order valence-electron chi connectivity index (χ0n) is 9.88. The number of aliphatic hydroxyl groups excluding tert-OH is 1. The molecule has 0 bridgehead atoms. The lowest BCUT2D eigenvalue weighted by atomic mass is 9.95. The van der Waals surface area contributed by atoms with Crippen molar-refractivity contribution in [3.05, 3.63) is 22.7 Å². The maximum absolute atomic E-state index is 9.14. The van der Waals surface area contributed by atoms with E-state index < -0.39 is 0 Å². The van der Waals surface area contributed by atoms with Crippen LogP contribution in [0.2, 0.25) is 0 Å². The molecule has 16 heavy (non-hydrogen) atoms. The molecule has 1 rings (SSSR count). The molecule has 90 valence electrons. The van der Waals surface area contributed by atoms with Crippen LogP contribution >= 0.6 is 15.9 Å². The van der Waals surface area contributed by atoms with Crippen molar-refractivity contribution < 1.29 is 9.84 Å². The van der Waals surface area contributed by atoms with E-state index in [0.717, 1.165) is 22.5 Å². The number of halogens is 1. The molecule has 0 unspecified atom stereocenters. The molecule has 0 aliphatic heterocycles. The Kier molecular flexibility index (Phi) is 4.62. The second-order valence-electron chi connectivity index (χ2n) is 4.53. The lowest BCUT2D eigenvalue weighted by molar-refractivity contribution is 0.171. The first kappa shape index (κ1) is 13.3. The van der Waals surface area contributed by atoms with Gasteiger partial charge in [0.2, 0.25) is 0 Å². The van der Waals surface area contributed by atoms with Crippen molar-refractivity contribution in [1.29, 1.82) is 0 Å². The second kappa shape index (κ2) is 5.55. The van der Waals surface area contributed by atoms with Crippen LogP contribution in [0.25, 0.3) is 0 Å². The predicted molar refractivity (Wildman–Crippen MR) is 70.1 cm³/mol. The van der Waals surface area contributed by atoms with Crippen molar-refractivity contribution in [3.63, 3.8) is 0 Å². The van der Waals surface area contributed by atoms with Gasteiger partial charge in [-0.3, -0.25) is 0 Å². The Labute approximate surface area is 105 Å². The minimum Gasteiger partial charge on any atom is -0.496 e. The van der Waals surface area contributed by atoms with E-state index >= 15 is 0 Å². The number of anilines is 1. The van der Waals surface area contributed by atoms with Crippen LogP contribution < -0.4 is 10.1 Å². The monoisotopic (exact) mass is 287 g/mol. The molecule has 0 aliphatic rings. The third-order valence-electron chi connectivity index (χ3n) is 2.35. The quantitative estimate of drug-likeness (QED) is 0.875. The molecule has 1 aromatic carbocycles. The largest absolute Gasteiger partial charge is 0.496 e. The Hall–Kier alpha value is -0.740. The van der Waals surface area contributed by atoms with E-state index in [1.165, 1.54) is 0 Å². The average Bonchev–Trinajstić information content (AvgIpc) is 2.27. The third kappa shape index (κ3) is 3.68. The van der Waals surface area contributed by atoms with Gasteiger partial charge in [-0.2, -0.15) is 0 Å². The van der Waals surface area contributed by atoms with Crippen LogP contribution in [0.5, 0.6) is 5.75 Å². The third-order valence-corrected chi connectivity index (χ3v) is 2.97. The number of nitrogens with one attached hydrogen (secondary N) is 1. The molecule has 1 aromatic rings. The number of ether oxygens (including phenoxy) is 1. The fourth-order valence-electron chi connectivity index (χ4n) is 1.17. The van der Waals surface area contributed by atoms with Gasteiger partial charge >= 0.3 is 0 Å². The van der Waals surface area contributed by atoms with Crippen LogP contribution in [-0.4, -0.2) is 25.4 Å². The molecule has 0 saturated heterocycles. The summed E-state index contributed by atoms with van der Waals surface area (Å²) in [6, 6.07) is 5.82. The first-order valence-corrected chi connectivity index (χ1v) is 5.96. The highest BCUT2D eigenvalue weighted by Crippen LogP contribution is 2.28. The lowest BCUT2D eigenvalue weighted by Crippen LogP contribution is -2.26. The first-order valence-electron chi connectivity index (χ1n) is 5.17. The van der Waals surface area contributed by atoms with E-state index in [-0.39, 0.29) is 12.0 Å². The predicted octanol–water partition coefficient (Wildman–Crippen LogP) is 2.89. The molecule has 0 fully saturated rings. The highest BCUT2D eigenvalue weighted by atomic mass is 79.9. The lowest BCUT2D eigenvalue weighted by Gasteiger charge is -2.22. The van der Waals surface area contributed by atoms with Crippen molar-refractivity contribution in [2.45, 2.75) is 13.8 Å². The van der Waals surface area contributed by atoms with Crippen molar-refractivity contribution in [2.75, 3.05) is 25.6 Å². The van der Waals surface area contributed by atoms with Crippen LogP contribution in [0.3, 0.4) is 0 Å². The highest BCUT2D eigenvalue weighted by Gasteiger charge is 2.15. The molecule has 0 aromatic heterocycles.